The van der Waals surface area contributed by atoms with Crippen molar-refractivity contribution >= 4 is 23.9 Å². The van der Waals surface area contributed by atoms with E-state index in [0.717, 1.165) is 51.4 Å². The molecule has 0 spiro atoms. The van der Waals surface area contributed by atoms with Gasteiger partial charge in [-0.2, -0.15) is 0 Å². The number of unbranched alkanes of at least 4 members (excludes halogenated alkanes) is 20. The standard InChI is InChI=1S/C53H72O10/c1-4-50(54)60-40-26-22-18-14-10-6-8-12-16-20-24-38-58-46-32-28-44(29-33-46)52(56)62-48-36-37-49(43(3)42-48)63-53(57)45-30-34-47(35-31-45)59-39-25-21-17-13-9-7-11-15-19-23-27-41-61-51(55)5-2/h4-5,28-37,42H,1-2,6-27,38-41H2,3H3. The van der Waals surface area contributed by atoms with Crippen molar-refractivity contribution in [3.63, 3.8) is 0 Å². The van der Waals surface area contributed by atoms with Crippen LogP contribution in [-0.4, -0.2) is 50.3 Å². The second-order valence-corrected chi connectivity index (χ2v) is 16.0. The number of rotatable bonds is 36. The molecule has 0 N–H and O–H groups in total. The Kier molecular flexibility index (Phi) is 27.4. The van der Waals surface area contributed by atoms with Gasteiger partial charge < -0.3 is 28.4 Å². The van der Waals surface area contributed by atoms with E-state index < -0.39 is 11.9 Å². The molecule has 0 atom stereocenters. The van der Waals surface area contributed by atoms with Gasteiger partial charge in [-0.3, -0.25) is 0 Å². The third-order valence-corrected chi connectivity index (χ3v) is 10.7. The first-order valence-corrected chi connectivity index (χ1v) is 23.4. The molecule has 3 rings (SSSR count). The van der Waals surface area contributed by atoms with Crippen molar-refractivity contribution in [2.75, 3.05) is 26.4 Å². The summed E-state index contributed by atoms with van der Waals surface area (Å²) >= 11 is 0. The minimum Gasteiger partial charge on any atom is -0.494 e. The summed E-state index contributed by atoms with van der Waals surface area (Å²) in [5, 5.41) is 0. The minimum atomic E-state index is -0.489. The second kappa shape index (κ2) is 33.2. The Morgan fingerprint density at radius 3 is 1.08 bits per heavy atom. The zero-order chi connectivity index (χ0) is 45.2. The number of hydrogen-bond donors (Lipinski definition) is 0. The smallest absolute Gasteiger partial charge is 0.343 e. The number of aryl methyl sites for hydroxylation is 1. The maximum absolute atomic E-state index is 12.9. The summed E-state index contributed by atoms with van der Waals surface area (Å²) < 4.78 is 33.0. The molecule has 344 valence electrons. The van der Waals surface area contributed by atoms with Crippen LogP contribution in [0.15, 0.2) is 92.0 Å². The second-order valence-electron chi connectivity index (χ2n) is 16.0. The molecule has 0 amide bonds. The molecule has 3 aromatic rings. The Labute approximate surface area is 376 Å². The summed E-state index contributed by atoms with van der Waals surface area (Å²) in [6.07, 6.45) is 27.9. The summed E-state index contributed by atoms with van der Waals surface area (Å²) in [4.78, 5) is 47.8. The highest BCUT2D eigenvalue weighted by atomic mass is 16.5. The molecule has 3 aromatic carbocycles. The van der Waals surface area contributed by atoms with Crippen LogP contribution in [0.2, 0.25) is 0 Å². The van der Waals surface area contributed by atoms with Crippen LogP contribution >= 0.6 is 0 Å². The molecule has 0 radical (unpaired) electrons. The Balaban J connectivity index is 1.20. The van der Waals surface area contributed by atoms with Crippen LogP contribution in [0.5, 0.6) is 23.0 Å². The van der Waals surface area contributed by atoms with Crippen LogP contribution in [0.3, 0.4) is 0 Å². The van der Waals surface area contributed by atoms with Crippen molar-refractivity contribution < 1.29 is 47.6 Å². The Morgan fingerprint density at radius 2 is 0.730 bits per heavy atom. The van der Waals surface area contributed by atoms with Crippen molar-refractivity contribution in [2.45, 2.75) is 148 Å². The molecule has 0 saturated carbocycles. The topological polar surface area (TPSA) is 124 Å². The fraction of sp³-hybridized carbons (Fsp3) is 0.509. The van der Waals surface area contributed by atoms with Gasteiger partial charge in [-0.1, -0.05) is 129 Å². The van der Waals surface area contributed by atoms with E-state index in [0.29, 0.717) is 66.1 Å². The highest BCUT2D eigenvalue weighted by Crippen LogP contribution is 2.26. The van der Waals surface area contributed by atoms with Crippen LogP contribution < -0.4 is 18.9 Å². The molecule has 0 aliphatic carbocycles. The lowest BCUT2D eigenvalue weighted by Crippen LogP contribution is -2.10. The van der Waals surface area contributed by atoms with E-state index in [1.807, 2.05) is 0 Å². The Bertz CT molecular complexity index is 1770. The van der Waals surface area contributed by atoms with Gasteiger partial charge >= 0.3 is 23.9 Å². The first-order chi connectivity index (χ1) is 30.8. The Morgan fingerprint density at radius 1 is 0.413 bits per heavy atom. The molecule has 0 aliphatic rings. The van der Waals surface area contributed by atoms with Gasteiger partial charge in [-0.25, -0.2) is 19.2 Å². The van der Waals surface area contributed by atoms with Crippen molar-refractivity contribution in [1.82, 2.24) is 0 Å². The summed E-state index contributed by atoms with van der Waals surface area (Å²) in [5.74, 6) is 0.501. The van der Waals surface area contributed by atoms with E-state index in [4.69, 9.17) is 28.4 Å². The largest absolute Gasteiger partial charge is 0.494 e. The van der Waals surface area contributed by atoms with Crippen LogP contribution in [0.4, 0.5) is 0 Å². The van der Waals surface area contributed by atoms with Gasteiger partial charge in [0.25, 0.3) is 0 Å². The normalized spacial score (nSPS) is 10.7. The van der Waals surface area contributed by atoms with Gasteiger partial charge in [0.1, 0.15) is 23.0 Å². The van der Waals surface area contributed by atoms with Gasteiger partial charge in [0.2, 0.25) is 0 Å². The average Bonchev–Trinajstić information content (AvgIpc) is 3.29. The Hall–Kier alpha value is -5.38. The third kappa shape index (κ3) is 24.2. The van der Waals surface area contributed by atoms with E-state index in [-0.39, 0.29) is 11.9 Å². The predicted molar refractivity (Wildman–Crippen MR) is 249 cm³/mol. The van der Waals surface area contributed by atoms with Gasteiger partial charge in [-0.15, -0.1) is 0 Å². The fourth-order valence-corrected chi connectivity index (χ4v) is 6.93. The zero-order valence-corrected chi connectivity index (χ0v) is 37.9. The third-order valence-electron chi connectivity index (χ3n) is 10.7. The number of hydrogen-bond acceptors (Lipinski definition) is 10. The van der Waals surface area contributed by atoms with E-state index in [9.17, 15) is 19.2 Å². The van der Waals surface area contributed by atoms with E-state index >= 15 is 0 Å². The van der Waals surface area contributed by atoms with Crippen molar-refractivity contribution in [3.8, 4) is 23.0 Å². The first-order valence-electron chi connectivity index (χ1n) is 23.4. The van der Waals surface area contributed by atoms with Gasteiger partial charge in [0, 0.05) is 12.2 Å². The van der Waals surface area contributed by atoms with Gasteiger partial charge in [0.15, 0.2) is 0 Å². The highest BCUT2D eigenvalue weighted by Gasteiger charge is 2.14. The lowest BCUT2D eigenvalue weighted by molar-refractivity contribution is -0.138. The SMILES string of the molecule is C=CC(=O)OCCCCCCCCCCCCCOc1ccc(C(=O)Oc2ccc(OC(=O)c3ccc(OCCCCCCCCCCCCCOC(=O)C=C)cc3)c(C)c2)cc1. The van der Waals surface area contributed by atoms with Crippen LogP contribution in [0.1, 0.15) is 168 Å². The molecular weight excluding hydrogens is 797 g/mol. The van der Waals surface area contributed by atoms with Crippen LogP contribution in [0, 0.1) is 6.92 Å². The van der Waals surface area contributed by atoms with Crippen molar-refractivity contribution in [2.24, 2.45) is 0 Å². The maximum atomic E-state index is 12.9. The number of ether oxygens (including phenoxy) is 6. The molecular formula is C53H72O10. The fourth-order valence-electron chi connectivity index (χ4n) is 6.93. The molecule has 0 saturated heterocycles. The first kappa shape index (κ1) is 52.0. The highest BCUT2D eigenvalue weighted by molar-refractivity contribution is 5.92. The zero-order valence-electron chi connectivity index (χ0n) is 37.9. The summed E-state index contributed by atoms with van der Waals surface area (Å²) in [5.41, 5.74) is 1.47. The molecule has 63 heavy (non-hydrogen) atoms. The molecule has 0 aromatic heterocycles. The van der Waals surface area contributed by atoms with Crippen molar-refractivity contribution in [3.05, 3.63) is 109 Å². The van der Waals surface area contributed by atoms with Crippen molar-refractivity contribution in [1.29, 1.82) is 0 Å². The van der Waals surface area contributed by atoms with Gasteiger partial charge in [0.05, 0.1) is 37.6 Å². The minimum absolute atomic E-state index is 0.344. The lowest BCUT2D eigenvalue weighted by atomic mass is 10.1. The number of carbonyl (C=O) groups excluding carboxylic acids is 4. The maximum Gasteiger partial charge on any atom is 0.343 e. The molecule has 10 nitrogen and oxygen atoms in total. The summed E-state index contributed by atoms with van der Waals surface area (Å²) in [7, 11) is 0. The molecule has 10 heteroatoms. The van der Waals surface area contributed by atoms with E-state index in [1.54, 1.807) is 73.7 Å². The van der Waals surface area contributed by atoms with Gasteiger partial charge in [-0.05, 0) is 105 Å². The number of esters is 4. The molecule has 0 aliphatic heterocycles. The predicted octanol–water partition coefficient (Wildman–Crippen LogP) is 13.2. The van der Waals surface area contributed by atoms with E-state index in [2.05, 4.69) is 13.2 Å². The molecule has 0 heterocycles. The monoisotopic (exact) mass is 869 g/mol. The van der Waals surface area contributed by atoms with Crippen LogP contribution in [0.25, 0.3) is 0 Å². The van der Waals surface area contributed by atoms with Crippen LogP contribution in [-0.2, 0) is 19.1 Å². The molecule has 0 bridgehead atoms. The number of carbonyl (C=O) groups is 4. The lowest BCUT2D eigenvalue weighted by Gasteiger charge is -2.11. The summed E-state index contributed by atoms with van der Waals surface area (Å²) in [6, 6.07) is 18.8. The summed E-state index contributed by atoms with van der Waals surface area (Å²) in [6.45, 7) is 10.8. The molecule has 0 unspecified atom stereocenters. The van der Waals surface area contributed by atoms with E-state index in [1.165, 1.54) is 102 Å². The number of benzene rings is 3. The molecule has 0 fully saturated rings. The average molecular weight is 869 g/mol. The quantitative estimate of drug-likeness (QED) is 0.0241.